The lowest BCUT2D eigenvalue weighted by Gasteiger charge is -2.03. The topological polar surface area (TPSA) is 90.6 Å². The molecule has 0 radical (unpaired) electrons. The summed E-state index contributed by atoms with van der Waals surface area (Å²) in [6, 6.07) is 1.38. The minimum atomic E-state index is -0.460. The van der Waals surface area contributed by atoms with E-state index in [0.29, 0.717) is 11.5 Å². The predicted octanol–water partition coefficient (Wildman–Crippen LogP) is 0.967. The van der Waals surface area contributed by atoms with Crippen LogP contribution in [0.15, 0.2) is 23.3 Å². The van der Waals surface area contributed by atoms with Crippen LogP contribution in [0.3, 0.4) is 0 Å². The van der Waals surface area contributed by atoms with Gasteiger partial charge < -0.3 is 10.3 Å². The predicted molar refractivity (Wildman–Crippen MR) is 63.1 cm³/mol. The van der Waals surface area contributed by atoms with Crippen LogP contribution < -0.4 is 10.7 Å². The zero-order valence-corrected chi connectivity index (χ0v) is 9.50. The van der Waals surface area contributed by atoms with Crippen molar-refractivity contribution in [1.82, 2.24) is 15.2 Å². The van der Waals surface area contributed by atoms with Crippen LogP contribution in [0.2, 0.25) is 0 Å². The van der Waals surface area contributed by atoms with E-state index >= 15 is 0 Å². The van der Waals surface area contributed by atoms with Gasteiger partial charge in [-0.25, -0.2) is 0 Å². The van der Waals surface area contributed by atoms with Gasteiger partial charge in [-0.3, -0.25) is 14.7 Å². The van der Waals surface area contributed by atoms with Crippen LogP contribution in [-0.4, -0.2) is 21.1 Å². The molecule has 0 aliphatic heterocycles. The van der Waals surface area contributed by atoms with Crippen LogP contribution in [0.1, 0.15) is 21.6 Å². The van der Waals surface area contributed by atoms with E-state index in [-0.39, 0.29) is 11.0 Å². The number of nitrogens with zero attached hydrogens (tertiary/aromatic N) is 1. The molecule has 0 spiro atoms. The van der Waals surface area contributed by atoms with Crippen molar-refractivity contribution < 1.29 is 4.79 Å². The molecule has 1 amide bonds. The van der Waals surface area contributed by atoms with Gasteiger partial charge in [0.2, 0.25) is 0 Å². The van der Waals surface area contributed by atoms with Crippen LogP contribution in [-0.2, 0) is 0 Å². The Morgan fingerprint density at radius 1 is 1.41 bits per heavy atom. The second kappa shape index (κ2) is 4.25. The average Bonchev–Trinajstić information content (AvgIpc) is 2.64. The molecule has 0 aliphatic rings. The molecule has 88 valence electrons. The summed E-state index contributed by atoms with van der Waals surface area (Å²) in [7, 11) is 0. The Labute approximate surface area is 97.1 Å². The van der Waals surface area contributed by atoms with Crippen molar-refractivity contribution in [1.29, 1.82) is 0 Å². The fourth-order valence-electron chi connectivity index (χ4n) is 1.40. The Kier molecular flexibility index (Phi) is 2.78. The van der Waals surface area contributed by atoms with E-state index in [1.54, 1.807) is 20.0 Å². The Bertz CT molecular complexity index is 612. The van der Waals surface area contributed by atoms with Crippen molar-refractivity contribution in [2.24, 2.45) is 0 Å². The van der Waals surface area contributed by atoms with Gasteiger partial charge in [0.15, 0.2) is 5.43 Å². The molecule has 0 fully saturated rings. The minimum absolute atomic E-state index is 0.0737. The Balaban J connectivity index is 2.27. The second-order valence-corrected chi connectivity index (χ2v) is 3.78. The third-order valence-electron chi connectivity index (χ3n) is 2.37. The number of anilines is 1. The maximum absolute atomic E-state index is 11.8. The zero-order valence-electron chi connectivity index (χ0n) is 9.50. The number of aryl methyl sites for hydroxylation is 2. The molecule has 0 aliphatic carbocycles. The van der Waals surface area contributed by atoms with Gasteiger partial charge in [0.25, 0.3) is 5.91 Å². The van der Waals surface area contributed by atoms with Gasteiger partial charge in [-0.1, -0.05) is 0 Å². The van der Waals surface area contributed by atoms with E-state index in [1.165, 1.54) is 12.3 Å². The second-order valence-electron chi connectivity index (χ2n) is 3.78. The van der Waals surface area contributed by atoms with Crippen LogP contribution >= 0.6 is 0 Å². The highest BCUT2D eigenvalue weighted by Gasteiger charge is 2.12. The number of H-pyrrole nitrogens is 2. The molecule has 0 aromatic carbocycles. The maximum Gasteiger partial charge on any atom is 0.262 e. The molecular weight excluding hydrogens is 220 g/mol. The first-order chi connectivity index (χ1) is 8.08. The van der Waals surface area contributed by atoms with Crippen molar-refractivity contribution in [2.45, 2.75) is 13.8 Å². The summed E-state index contributed by atoms with van der Waals surface area (Å²) in [4.78, 5) is 26.2. The third kappa shape index (κ3) is 2.25. The molecule has 2 aromatic heterocycles. The van der Waals surface area contributed by atoms with Crippen LogP contribution in [0.25, 0.3) is 0 Å². The average molecular weight is 232 g/mol. The Morgan fingerprint density at radius 3 is 2.76 bits per heavy atom. The molecule has 2 heterocycles. The molecule has 0 saturated carbocycles. The van der Waals surface area contributed by atoms with Gasteiger partial charge in [0.05, 0.1) is 6.20 Å². The first-order valence-electron chi connectivity index (χ1n) is 5.08. The molecule has 0 saturated heterocycles. The number of carbonyl (C=O) groups excluding carboxylic acids is 1. The number of amides is 1. The van der Waals surface area contributed by atoms with Crippen molar-refractivity contribution >= 4 is 11.7 Å². The van der Waals surface area contributed by atoms with Crippen molar-refractivity contribution in [3.63, 3.8) is 0 Å². The van der Waals surface area contributed by atoms with Gasteiger partial charge in [0, 0.05) is 23.5 Å². The van der Waals surface area contributed by atoms with Gasteiger partial charge in [-0.05, 0) is 13.8 Å². The van der Waals surface area contributed by atoms with E-state index in [9.17, 15) is 9.59 Å². The highest BCUT2D eigenvalue weighted by molar-refractivity contribution is 6.03. The zero-order chi connectivity index (χ0) is 12.4. The standard InChI is InChI=1S/C11H12N4O2/c1-6-4-13-15-10(6)14-11(17)8-5-12-7(2)3-9(8)16/h3-5H,1-2H3,(H,12,16)(H2,13,14,15,17). The summed E-state index contributed by atoms with van der Waals surface area (Å²) in [5, 5.41) is 9.01. The summed E-state index contributed by atoms with van der Waals surface area (Å²) in [5.41, 5.74) is 1.28. The molecule has 2 aromatic rings. The highest BCUT2D eigenvalue weighted by atomic mass is 16.2. The lowest BCUT2D eigenvalue weighted by Crippen LogP contribution is -2.22. The number of carbonyl (C=O) groups is 1. The van der Waals surface area contributed by atoms with Crippen molar-refractivity contribution in [3.05, 3.63) is 45.5 Å². The van der Waals surface area contributed by atoms with E-state index in [1.807, 2.05) is 0 Å². The Hall–Kier alpha value is -2.37. The smallest absolute Gasteiger partial charge is 0.262 e. The van der Waals surface area contributed by atoms with Crippen LogP contribution in [0.5, 0.6) is 0 Å². The first-order valence-corrected chi connectivity index (χ1v) is 5.08. The maximum atomic E-state index is 11.8. The number of pyridine rings is 1. The quantitative estimate of drug-likeness (QED) is 0.720. The van der Waals surface area contributed by atoms with Gasteiger partial charge in [0.1, 0.15) is 11.4 Å². The van der Waals surface area contributed by atoms with Gasteiger partial charge in [-0.2, -0.15) is 5.10 Å². The largest absolute Gasteiger partial charge is 0.364 e. The monoisotopic (exact) mass is 232 g/mol. The molecule has 6 heteroatoms. The molecule has 0 atom stereocenters. The first kappa shape index (κ1) is 11.1. The van der Waals surface area contributed by atoms with E-state index in [2.05, 4.69) is 20.5 Å². The summed E-state index contributed by atoms with van der Waals surface area (Å²) in [5.74, 6) is 0.0357. The summed E-state index contributed by atoms with van der Waals surface area (Å²) < 4.78 is 0. The summed E-state index contributed by atoms with van der Waals surface area (Å²) >= 11 is 0. The summed E-state index contributed by atoms with van der Waals surface area (Å²) in [6.07, 6.45) is 2.99. The Morgan fingerprint density at radius 2 is 2.18 bits per heavy atom. The van der Waals surface area contributed by atoms with Crippen LogP contribution in [0, 0.1) is 13.8 Å². The van der Waals surface area contributed by atoms with E-state index in [4.69, 9.17) is 0 Å². The van der Waals surface area contributed by atoms with Crippen molar-refractivity contribution in [3.8, 4) is 0 Å². The van der Waals surface area contributed by atoms with Gasteiger partial charge >= 0.3 is 0 Å². The number of hydrogen-bond donors (Lipinski definition) is 3. The molecule has 0 bridgehead atoms. The van der Waals surface area contributed by atoms with E-state index in [0.717, 1.165) is 5.56 Å². The number of aromatic amines is 2. The van der Waals surface area contributed by atoms with E-state index < -0.39 is 5.91 Å². The third-order valence-corrected chi connectivity index (χ3v) is 2.37. The molecular formula is C11H12N4O2. The lowest BCUT2D eigenvalue weighted by molar-refractivity contribution is 0.102. The molecule has 2 rings (SSSR count). The fraction of sp³-hybridized carbons (Fsp3) is 0.182. The molecule has 0 unspecified atom stereocenters. The minimum Gasteiger partial charge on any atom is -0.364 e. The normalized spacial score (nSPS) is 10.2. The van der Waals surface area contributed by atoms with Crippen molar-refractivity contribution in [2.75, 3.05) is 5.32 Å². The SMILES string of the molecule is Cc1cc(=O)c(C(=O)Nc2[nH]ncc2C)c[nH]1. The highest BCUT2D eigenvalue weighted by Crippen LogP contribution is 2.09. The van der Waals surface area contributed by atoms with Gasteiger partial charge in [-0.15, -0.1) is 0 Å². The molecule has 17 heavy (non-hydrogen) atoms. The number of aromatic nitrogens is 3. The molecule has 6 nitrogen and oxygen atoms in total. The summed E-state index contributed by atoms with van der Waals surface area (Å²) in [6.45, 7) is 3.56. The fourth-order valence-corrected chi connectivity index (χ4v) is 1.40. The lowest BCUT2D eigenvalue weighted by atomic mass is 10.2. The number of nitrogens with one attached hydrogen (secondary N) is 3. The molecule has 3 N–H and O–H groups in total. The number of rotatable bonds is 2. The number of hydrogen-bond acceptors (Lipinski definition) is 3. The van der Waals surface area contributed by atoms with Crippen LogP contribution in [0.4, 0.5) is 5.82 Å².